The largest absolute Gasteiger partial charge is 0.345 e. The van der Waals surface area contributed by atoms with Gasteiger partial charge in [-0.25, -0.2) is 0 Å². The van der Waals surface area contributed by atoms with Crippen molar-refractivity contribution in [1.82, 2.24) is 20.1 Å². The Labute approximate surface area is 180 Å². The summed E-state index contributed by atoms with van der Waals surface area (Å²) < 4.78 is 1.78. The molecule has 1 aromatic heterocycles. The second-order valence-corrected chi connectivity index (χ2v) is 8.09. The standard InChI is InChI=1S/C22H25N5O2S/c1-14-6-5-7-17(10-14)21(29)23-12-19-25-26-22(27(19)4)30-13-20(28)24-18-9-8-15(2)16(3)11-18/h5-11H,12-13H2,1-4H3,(H,23,29)(H,24,28). The van der Waals surface area contributed by atoms with Crippen LogP contribution in [-0.4, -0.2) is 32.3 Å². The number of nitrogens with one attached hydrogen (secondary N) is 2. The number of aromatic nitrogens is 3. The van der Waals surface area contributed by atoms with Gasteiger partial charge < -0.3 is 15.2 Å². The number of anilines is 1. The van der Waals surface area contributed by atoms with E-state index in [0.29, 0.717) is 16.5 Å². The van der Waals surface area contributed by atoms with Crippen molar-refractivity contribution in [3.05, 3.63) is 70.5 Å². The number of hydrogen-bond acceptors (Lipinski definition) is 5. The molecule has 0 fully saturated rings. The molecule has 0 aliphatic heterocycles. The van der Waals surface area contributed by atoms with Gasteiger partial charge in [-0.3, -0.25) is 9.59 Å². The van der Waals surface area contributed by atoms with E-state index in [0.717, 1.165) is 16.8 Å². The maximum absolute atomic E-state index is 12.3. The summed E-state index contributed by atoms with van der Waals surface area (Å²) in [5.74, 6) is 0.562. The molecule has 1 heterocycles. The smallest absolute Gasteiger partial charge is 0.251 e. The molecule has 2 amide bonds. The number of rotatable bonds is 7. The molecule has 2 aromatic carbocycles. The van der Waals surface area contributed by atoms with Crippen LogP contribution < -0.4 is 10.6 Å². The maximum atomic E-state index is 12.3. The average Bonchev–Trinajstić information content (AvgIpc) is 3.07. The van der Waals surface area contributed by atoms with Crippen LogP contribution in [0.4, 0.5) is 5.69 Å². The van der Waals surface area contributed by atoms with Gasteiger partial charge in [0.2, 0.25) is 5.91 Å². The van der Waals surface area contributed by atoms with Crippen LogP contribution >= 0.6 is 11.8 Å². The van der Waals surface area contributed by atoms with Gasteiger partial charge in [0.1, 0.15) is 0 Å². The van der Waals surface area contributed by atoms with Gasteiger partial charge in [0.05, 0.1) is 12.3 Å². The molecule has 8 heteroatoms. The first kappa shape index (κ1) is 21.6. The Morgan fingerprint density at radius 2 is 1.83 bits per heavy atom. The molecule has 0 unspecified atom stereocenters. The Kier molecular flexibility index (Phi) is 6.89. The summed E-state index contributed by atoms with van der Waals surface area (Å²) >= 11 is 1.30. The minimum Gasteiger partial charge on any atom is -0.345 e. The summed E-state index contributed by atoms with van der Waals surface area (Å²) in [6.45, 7) is 6.25. The summed E-state index contributed by atoms with van der Waals surface area (Å²) in [5.41, 5.74) is 4.73. The van der Waals surface area contributed by atoms with Crippen LogP contribution in [0.25, 0.3) is 0 Å². The van der Waals surface area contributed by atoms with E-state index in [1.54, 1.807) is 10.6 Å². The Hall–Kier alpha value is -3.13. The normalized spacial score (nSPS) is 10.7. The van der Waals surface area contributed by atoms with Crippen molar-refractivity contribution in [1.29, 1.82) is 0 Å². The van der Waals surface area contributed by atoms with Crippen LogP contribution in [0.15, 0.2) is 47.6 Å². The lowest BCUT2D eigenvalue weighted by Gasteiger charge is -2.08. The van der Waals surface area contributed by atoms with E-state index in [1.807, 2.05) is 64.2 Å². The van der Waals surface area contributed by atoms with Crippen LogP contribution in [0.3, 0.4) is 0 Å². The molecule has 3 rings (SSSR count). The average molecular weight is 424 g/mol. The van der Waals surface area contributed by atoms with E-state index in [2.05, 4.69) is 20.8 Å². The molecule has 0 spiro atoms. The zero-order valence-electron chi connectivity index (χ0n) is 17.5. The Bertz CT molecular complexity index is 1080. The SMILES string of the molecule is Cc1cccc(C(=O)NCc2nnc(SCC(=O)Nc3ccc(C)c(C)c3)n2C)c1. The number of nitrogens with zero attached hydrogens (tertiary/aromatic N) is 3. The minimum absolute atomic E-state index is 0.111. The summed E-state index contributed by atoms with van der Waals surface area (Å²) in [4.78, 5) is 24.5. The van der Waals surface area contributed by atoms with Crippen molar-refractivity contribution in [2.75, 3.05) is 11.1 Å². The molecule has 156 valence electrons. The Balaban J connectivity index is 1.52. The van der Waals surface area contributed by atoms with Gasteiger partial charge in [0.25, 0.3) is 5.91 Å². The molecular formula is C22H25N5O2S. The lowest BCUT2D eigenvalue weighted by atomic mass is 10.1. The number of hydrogen-bond donors (Lipinski definition) is 2. The van der Waals surface area contributed by atoms with E-state index >= 15 is 0 Å². The molecule has 2 N–H and O–H groups in total. The fourth-order valence-electron chi connectivity index (χ4n) is 2.82. The molecule has 0 aliphatic rings. The number of amides is 2. The van der Waals surface area contributed by atoms with Crippen molar-refractivity contribution in [3.63, 3.8) is 0 Å². The highest BCUT2D eigenvalue weighted by molar-refractivity contribution is 7.99. The van der Waals surface area contributed by atoms with Crippen LogP contribution in [0.5, 0.6) is 0 Å². The van der Waals surface area contributed by atoms with Crippen molar-refractivity contribution >= 4 is 29.3 Å². The summed E-state index contributed by atoms with van der Waals surface area (Å²) in [6, 6.07) is 13.2. The summed E-state index contributed by atoms with van der Waals surface area (Å²) in [7, 11) is 1.82. The van der Waals surface area contributed by atoms with Crippen molar-refractivity contribution < 1.29 is 9.59 Å². The zero-order chi connectivity index (χ0) is 21.7. The van der Waals surface area contributed by atoms with Gasteiger partial charge in [-0.15, -0.1) is 10.2 Å². The highest BCUT2D eigenvalue weighted by Crippen LogP contribution is 2.18. The predicted octanol–water partition coefficient (Wildman–Crippen LogP) is 3.40. The first-order chi connectivity index (χ1) is 14.3. The van der Waals surface area contributed by atoms with Crippen molar-refractivity contribution in [3.8, 4) is 0 Å². The number of benzene rings is 2. The molecule has 0 saturated carbocycles. The van der Waals surface area contributed by atoms with Gasteiger partial charge in [0, 0.05) is 18.3 Å². The first-order valence-electron chi connectivity index (χ1n) is 9.56. The molecular weight excluding hydrogens is 398 g/mol. The molecule has 0 saturated heterocycles. The summed E-state index contributed by atoms with van der Waals surface area (Å²) in [6.07, 6.45) is 0. The molecule has 3 aromatic rings. The molecule has 0 aliphatic carbocycles. The highest BCUT2D eigenvalue weighted by Gasteiger charge is 2.13. The quantitative estimate of drug-likeness (QED) is 0.569. The van der Waals surface area contributed by atoms with Crippen molar-refractivity contribution in [2.24, 2.45) is 7.05 Å². The van der Waals surface area contributed by atoms with Gasteiger partial charge in [0.15, 0.2) is 11.0 Å². The van der Waals surface area contributed by atoms with E-state index in [4.69, 9.17) is 0 Å². The Morgan fingerprint density at radius 3 is 2.57 bits per heavy atom. The third-order valence-corrected chi connectivity index (χ3v) is 5.76. The minimum atomic E-state index is -0.163. The van der Waals surface area contributed by atoms with E-state index in [1.165, 1.54) is 17.3 Å². The maximum Gasteiger partial charge on any atom is 0.251 e. The lowest BCUT2D eigenvalue weighted by Crippen LogP contribution is -2.24. The van der Waals surface area contributed by atoms with Gasteiger partial charge >= 0.3 is 0 Å². The van der Waals surface area contributed by atoms with Gasteiger partial charge in [-0.2, -0.15) is 0 Å². The van der Waals surface area contributed by atoms with Crippen LogP contribution in [-0.2, 0) is 18.4 Å². The number of carbonyl (C=O) groups is 2. The number of thioether (sulfide) groups is 1. The zero-order valence-corrected chi connectivity index (χ0v) is 18.3. The fourth-order valence-corrected chi connectivity index (χ4v) is 3.55. The van der Waals surface area contributed by atoms with E-state index in [9.17, 15) is 9.59 Å². The highest BCUT2D eigenvalue weighted by atomic mass is 32.2. The summed E-state index contributed by atoms with van der Waals surface area (Å²) in [5, 5.41) is 14.6. The number of aryl methyl sites for hydroxylation is 3. The van der Waals surface area contributed by atoms with Crippen LogP contribution in [0.2, 0.25) is 0 Å². The van der Waals surface area contributed by atoms with E-state index in [-0.39, 0.29) is 24.1 Å². The third kappa shape index (κ3) is 5.48. The van der Waals surface area contributed by atoms with Gasteiger partial charge in [-0.1, -0.05) is 35.5 Å². The van der Waals surface area contributed by atoms with Crippen LogP contribution in [0, 0.1) is 20.8 Å². The fraction of sp³-hybridized carbons (Fsp3) is 0.273. The first-order valence-corrected chi connectivity index (χ1v) is 10.5. The van der Waals surface area contributed by atoms with E-state index < -0.39 is 0 Å². The predicted molar refractivity (Wildman–Crippen MR) is 119 cm³/mol. The second-order valence-electron chi connectivity index (χ2n) is 7.15. The molecule has 30 heavy (non-hydrogen) atoms. The molecule has 0 bridgehead atoms. The Morgan fingerprint density at radius 1 is 1.03 bits per heavy atom. The third-order valence-electron chi connectivity index (χ3n) is 4.74. The molecule has 7 nitrogen and oxygen atoms in total. The molecule has 0 atom stereocenters. The monoisotopic (exact) mass is 423 g/mol. The van der Waals surface area contributed by atoms with Crippen LogP contribution in [0.1, 0.15) is 32.9 Å². The van der Waals surface area contributed by atoms with Gasteiger partial charge in [-0.05, 0) is 56.2 Å². The lowest BCUT2D eigenvalue weighted by molar-refractivity contribution is -0.113. The van der Waals surface area contributed by atoms with Crippen molar-refractivity contribution in [2.45, 2.75) is 32.5 Å². The number of carbonyl (C=O) groups excluding carboxylic acids is 2. The topological polar surface area (TPSA) is 88.9 Å². The second kappa shape index (κ2) is 9.58. The molecule has 0 radical (unpaired) electrons.